The molecule has 0 fully saturated rings. The van der Waals surface area contributed by atoms with Crippen LogP contribution in [-0.2, 0) is 28.7 Å². The molecular formula is C36H54N2O8. The minimum atomic E-state index is -1.11. The average molecular weight is 643 g/mol. The second-order valence-corrected chi connectivity index (χ2v) is 10.1. The fourth-order valence-electron chi connectivity index (χ4n) is 3.70. The number of allylic oxidation sites excluding steroid dienone is 12. The van der Waals surface area contributed by atoms with Crippen LogP contribution >= 0.6 is 0 Å². The van der Waals surface area contributed by atoms with E-state index in [9.17, 15) is 19.2 Å². The van der Waals surface area contributed by atoms with Crippen LogP contribution in [0.2, 0.25) is 0 Å². The molecule has 0 aliphatic rings. The molecule has 10 heteroatoms. The second kappa shape index (κ2) is 31.0. The van der Waals surface area contributed by atoms with Crippen molar-refractivity contribution in [3.05, 3.63) is 85.1 Å². The molecule has 0 aliphatic heterocycles. The molecule has 0 aromatic carbocycles. The van der Waals surface area contributed by atoms with Crippen LogP contribution in [0.5, 0.6) is 0 Å². The minimum absolute atomic E-state index is 0.0783. The second-order valence-electron chi connectivity index (χ2n) is 10.1. The number of aliphatic hydroxyl groups is 2. The number of ether oxygens (including phenoxy) is 2. The van der Waals surface area contributed by atoms with Crippen molar-refractivity contribution in [3.8, 4) is 0 Å². The molecule has 10 nitrogen and oxygen atoms in total. The van der Waals surface area contributed by atoms with Crippen molar-refractivity contribution in [3.63, 3.8) is 0 Å². The zero-order valence-electron chi connectivity index (χ0n) is 27.5. The quantitative estimate of drug-likeness (QED) is 0.0452. The summed E-state index contributed by atoms with van der Waals surface area (Å²) in [6, 6.07) is -1.07. The van der Waals surface area contributed by atoms with E-state index in [1.54, 1.807) is 0 Å². The third-order valence-corrected chi connectivity index (χ3v) is 6.24. The summed E-state index contributed by atoms with van der Waals surface area (Å²) in [6.45, 7) is 1.39. The Kier molecular flexibility index (Phi) is 28.3. The number of nitrogens with one attached hydrogen (secondary N) is 2. The Balaban J connectivity index is 4.18. The van der Waals surface area contributed by atoms with E-state index in [4.69, 9.17) is 14.9 Å². The van der Waals surface area contributed by atoms with Crippen molar-refractivity contribution in [2.24, 2.45) is 0 Å². The average Bonchev–Trinajstić information content (AvgIpc) is 3.06. The summed E-state index contributed by atoms with van der Waals surface area (Å²) < 4.78 is 9.45. The third kappa shape index (κ3) is 26.4. The Bertz CT molecular complexity index is 1050. The summed E-state index contributed by atoms with van der Waals surface area (Å²) in [5, 5.41) is 23.6. The van der Waals surface area contributed by atoms with Crippen LogP contribution in [0.15, 0.2) is 85.1 Å². The van der Waals surface area contributed by atoms with Gasteiger partial charge in [-0.05, 0) is 64.2 Å². The van der Waals surface area contributed by atoms with Crippen molar-refractivity contribution in [2.75, 3.05) is 26.9 Å². The van der Waals surface area contributed by atoms with Gasteiger partial charge in [0, 0.05) is 25.1 Å². The Morgan fingerprint density at radius 1 is 0.717 bits per heavy atom. The van der Waals surface area contributed by atoms with Crippen molar-refractivity contribution in [1.82, 2.24) is 10.6 Å². The molecule has 1 unspecified atom stereocenters. The molecule has 46 heavy (non-hydrogen) atoms. The Labute approximate surface area is 274 Å². The van der Waals surface area contributed by atoms with Crippen molar-refractivity contribution in [1.29, 1.82) is 0 Å². The van der Waals surface area contributed by atoms with Gasteiger partial charge in [-0.25, -0.2) is 9.59 Å². The highest BCUT2D eigenvalue weighted by molar-refractivity contribution is 5.96. The van der Waals surface area contributed by atoms with Gasteiger partial charge in [-0.15, -0.1) is 0 Å². The number of carbonyl (C=O) groups is 4. The summed E-state index contributed by atoms with van der Waals surface area (Å²) in [7, 11) is 1.17. The molecule has 0 bridgehead atoms. The highest BCUT2D eigenvalue weighted by atomic mass is 16.6. The van der Waals surface area contributed by atoms with Crippen molar-refractivity contribution < 1.29 is 38.9 Å². The van der Waals surface area contributed by atoms with Gasteiger partial charge in [-0.2, -0.15) is 0 Å². The molecule has 2 amide bonds. The first-order valence-corrected chi connectivity index (χ1v) is 16.0. The number of hydrogen-bond acceptors (Lipinski definition) is 8. The number of hydrogen-bond donors (Lipinski definition) is 4. The van der Waals surface area contributed by atoms with Gasteiger partial charge in [-0.3, -0.25) is 9.59 Å². The van der Waals surface area contributed by atoms with Crippen LogP contribution in [0.3, 0.4) is 0 Å². The van der Waals surface area contributed by atoms with E-state index in [1.165, 1.54) is 7.11 Å². The van der Waals surface area contributed by atoms with E-state index >= 15 is 0 Å². The van der Waals surface area contributed by atoms with Gasteiger partial charge in [0.25, 0.3) is 0 Å². The maximum absolute atomic E-state index is 12.5. The summed E-state index contributed by atoms with van der Waals surface area (Å²) in [5.74, 6) is -2.34. The van der Waals surface area contributed by atoms with Gasteiger partial charge in [0.2, 0.25) is 11.8 Å². The highest BCUT2D eigenvalue weighted by Crippen LogP contribution is 2.06. The third-order valence-electron chi connectivity index (χ3n) is 6.24. The molecule has 0 aromatic heterocycles. The lowest BCUT2D eigenvalue weighted by atomic mass is 10.1. The highest BCUT2D eigenvalue weighted by Gasteiger charge is 2.24. The number of unbranched alkanes of at least 4 members (excludes halogenated alkanes) is 1. The Morgan fingerprint density at radius 2 is 1.24 bits per heavy atom. The fraction of sp³-hybridized carbons (Fsp3) is 0.500. The normalized spacial score (nSPS) is 13.0. The molecule has 4 N–H and O–H groups in total. The fourth-order valence-corrected chi connectivity index (χ4v) is 3.70. The number of rotatable bonds is 26. The maximum Gasteiger partial charge on any atom is 0.330 e. The molecule has 0 saturated heterocycles. The largest absolute Gasteiger partial charge is 0.466 e. The van der Waals surface area contributed by atoms with Gasteiger partial charge in [0.1, 0.15) is 12.1 Å². The maximum atomic E-state index is 12.5. The van der Waals surface area contributed by atoms with Gasteiger partial charge < -0.3 is 30.3 Å². The summed E-state index contributed by atoms with van der Waals surface area (Å²) in [6.07, 6.45) is 34.2. The summed E-state index contributed by atoms with van der Waals surface area (Å²) in [5.41, 5.74) is 0. The lowest BCUT2D eigenvalue weighted by Gasteiger charge is -2.20. The van der Waals surface area contributed by atoms with E-state index in [0.717, 1.165) is 50.7 Å². The SMILES string of the molecule is CC/C=C\C/C=C\C/C=C\C/C=C\C/C=C\C/C=C\CCC(=O)NCCCCC(NC(=O)/C=C/C(=O)OC)C(=O)OC(CO)CO. The van der Waals surface area contributed by atoms with Gasteiger partial charge in [0.05, 0.1) is 20.3 Å². The standard InChI is InChI=1S/C36H54N2O8/c1-3-4-5-6-7-8-9-10-11-12-13-14-15-16-17-18-19-20-21-25-33(41)37-28-23-22-24-32(36(44)46-31(29-39)30-40)38-34(42)26-27-35(43)45-2/h4-5,7-8,10-11,13-14,16-17,19-20,26-27,31-32,39-40H,3,6,9,12,15,18,21-25,28-30H2,1-2H3,(H,37,41)(H,38,42)/b5-4-,8-7-,11-10-,14-13-,17-16-,20-19-,27-26+. The molecule has 256 valence electrons. The monoisotopic (exact) mass is 642 g/mol. The molecular weight excluding hydrogens is 588 g/mol. The molecule has 0 aromatic rings. The summed E-state index contributed by atoms with van der Waals surface area (Å²) in [4.78, 5) is 47.9. The molecule has 1 atom stereocenters. The Morgan fingerprint density at radius 3 is 1.74 bits per heavy atom. The molecule has 0 rings (SSSR count). The molecule has 0 heterocycles. The lowest BCUT2D eigenvalue weighted by Crippen LogP contribution is -2.43. The van der Waals surface area contributed by atoms with Gasteiger partial charge in [0.15, 0.2) is 0 Å². The predicted molar refractivity (Wildman–Crippen MR) is 181 cm³/mol. The number of aliphatic hydroxyl groups excluding tert-OH is 2. The van der Waals surface area contributed by atoms with Crippen LogP contribution in [0.25, 0.3) is 0 Å². The Hall–Kier alpha value is -4.02. The van der Waals surface area contributed by atoms with E-state index in [2.05, 4.69) is 83.1 Å². The van der Waals surface area contributed by atoms with Crippen LogP contribution < -0.4 is 10.6 Å². The van der Waals surface area contributed by atoms with Crippen molar-refractivity contribution in [2.45, 2.75) is 89.7 Å². The van der Waals surface area contributed by atoms with Gasteiger partial charge >= 0.3 is 11.9 Å². The van der Waals surface area contributed by atoms with E-state index in [1.807, 2.05) is 12.2 Å². The topological polar surface area (TPSA) is 151 Å². The summed E-state index contributed by atoms with van der Waals surface area (Å²) >= 11 is 0. The van der Waals surface area contributed by atoms with E-state index in [-0.39, 0.29) is 12.3 Å². The lowest BCUT2D eigenvalue weighted by molar-refractivity contribution is -0.157. The van der Waals surface area contributed by atoms with Crippen LogP contribution in [0.1, 0.15) is 77.6 Å². The van der Waals surface area contributed by atoms with Crippen LogP contribution in [0, 0.1) is 0 Å². The first-order valence-electron chi connectivity index (χ1n) is 16.0. The molecule has 0 spiro atoms. The van der Waals surface area contributed by atoms with E-state index < -0.39 is 43.2 Å². The van der Waals surface area contributed by atoms with E-state index in [0.29, 0.717) is 32.2 Å². The molecule has 0 saturated carbocycles. The molecule has 0 radical (unpaired) electrons. The number of esters is 2. The molecule has 0 aliphatic carbocycles. The number of methoxy groups -OCH3 is 1. The smallest absolute Gasteiger partial charge is 0.330 e. The number of carbonyl (C=O) groups excluding carboxylic acids is 4. The first-order chi connectivity index (χ1) is 22.4. The van der Waals surface area contributed by atoms with Crippen molar-refractivity contribution >= 4 is 23.8 Å². The van der Waals surface area contributed by atoms with Crippen LogP contribution in [0.4, 0.5) is 0 Å². The zero-order valence-corrected chi connectivity index (χ0v) is 27.5. The van der Waals surface area contributed by atoms with Gasteiger partial charge in [-0.1, -0.05) is 79.8 Å². The zero-order chi connectivity index (χ0) is 34.1. The number of amides is 2. The predicted octanol–water partition coefficient (Wildman–Crippen LogP) is 4.86. The minimum Gasteiger partial charge on any atom is -0.466 e. The van der Waals surface area contributed by atoms with Crippen LogP contribution in [-0.4, -0.2) is 73.0 Å². The first kappa shape index (κ1) is 42.0.